The molecule has 0 bridgehead atoms. The molecule has 0 unspecified atom stereocenters. The Morgan fingerprint density at radius 1 is 1.24 bits per heavy atom. The van der Waals surface area contributed by atoms with Crippen LogP contribution in [0.5, 0.6) is 0 Å². The summed E-state index contributed by atoms with van der Waals surface area (Å²) in [6.07, 6.45) is 3.83. The van der Waals surface area contributed by atoms with Gasteiger partial charge in [0.05, 0.1) is 7.05 Å². The molecular weight excluding hydrogens is 318 g/mol. The lowest BCUT2D eigenvalue weighted by atomic mass is 9.94. The van der Waals surface area contributed by atoms with E-state index in [1.54, 1.807) is 13.2 Å². The number of hydrogen-bond donors (Lipinski definition) is 1. The topological polar surface area (TPSA) is 92.6 Å². The maximum absolute atomic E-state index is 12.8. The Hall–Kier alpha value is -3.03. The maximum atomic E-state index is 12.8. The molecule has 1 amide bonds. The highest BCUT2D eigenvalue weighted by molar-refractivity contribution is 5.94. The predicted octanol–water partition coefficient (Wildman–Crippen LogP) is 1.62. The van der Waals surface area contributed by atoms with E-state index in [-0.39, 0.29) is 5.91 Å². The van der Waals surface area contributed by atoms with Gasteiger partial charge in [0.2, 0.25) is 5.82 Å². The number of aromatic nitrogens is 6. The fourth-order valence-corrected chi connectivity index (χ4v) is 3.25. The van der Waals surface area contributed by atoms with E-state index < -0.39 is 0 Å². The molecule has 3 aromatic rings. The third-order valence-corrected chi connectivity index (χ3v) is 4.57. The van der Waals surface area contributed by atoms with Crippen LogP contribution in [0.4, 0.5) is 0 Å². The lowest BCUT2D eigenvalue weighted by molar-refractivity contribution is 0.0706. The quantitative estimate of drug-likeness (QED) is 0.784. The number of H-pyrrole nitrogens is 1. The minimum atomic E-state index is 0.0582. The zero-order valence-electron chi connectivity index (χ0n) is 14.0. The molecule has 4 rings (SSSR count). The van der Waals surface area contributed by atoms with Gasteiger partial charge in [-0.25, -0.2) is 0 Å². The number of likely N-dealkylation sites (tertiary alicyclic amines) is 1. The van der Waals surface area contributed by atoms with Crippen LogP contribution in [0.1, 0.15) is 34.8 Å². The van der Waals surface area contributed by atoms with Crippen molar-refractivity contribution in [3.8, 4) is 11.4 Å². The number of nitrogens with one attached hydrogen (secondary N) is 1. The van der Waals surface area contributed by atoms with Gasteiger partial charge in [-0.3, -0.25) is 9.89 Å². The number of rotatable bonds is 3. The van der Waals surface area contributed by atoms with Crippen molar-refractivity contribution >= 4 is 5.91 Å². The molecule has 1 aliphatic rings. The van der Waals surface area contributed by atoms with Crippen molar-refractivity contribution in [1.82, 2.24) is 35.3 Å². The molecule has 1 fully saturated rings. The fourth-order valence-electron chi connectivity index (χ4n) is 3.25. The Labute approximate surface area is 144 Å². The summed E-state index contributed by atoms with van der Waals surface area (Å²) >= 11 is 0. The van der Waals surface area contributed by atoms with Crippen molar-refractivity contribution in [3.05, 3.63) is 47.8 Å². The number of carbonyl (C=O) groups is 1. The average molecular weight is 337 g/mol. The van der Waals surface area contributed by atoms with Gasteiger partial charge in [-0.1, -0.05) is 12.1 Å². The summed E-state index contributed by atoms with van der Waals surface area (Å²) in [6.45, 7) is 1.51. The summed E-state index contributed by atoms with van der Waals surface area (Å²) in [6, 6.07) is 9.37. The van der Waals surface area contributed by atoms with Crippen LogP contribution in [-0.4, -0.2) is 54.3 Å². The summed E-state index contributed by atoms with van der Waals surface area (Å²) in [5.74, 6) is 0.935. The SMILES string of the molecule is Cn1nnc(-c2ccc(C(=O)N3CCC[C@@H](c4ccn[nH]4)C3)cc2)n1. The van der Waals surface area contributed by atoms with Gasteiger partial charge < -0.3 is 4.90 Å². The number of aryl methyl sites for hydroxylation is 1. The van der Waals surface area contributed by atoms with Crippen molar-refractivity contribution in [2.45, 2.75) is 18.8 Å². The maximum Gasteiger partial charge on any atom is 0.253 e. The summed E-state index contributed by atoms with van der Waals surface area (Å²) in [5.41, 5.74) is 2.62. The molecular formula is C17H19N7O. The van der Waals surface area contributed by atoms with Crippen LogP contribution >= 0.6 is 0 Å². The van der Waals surface area contributed by atoms with Crippen LogP contribution in [0.25, 0.3) is 11.4 Å². The van der Waals surface area contributed by atoms with Crippen LogP contribution in [0.3, 0.4) is 0 Å². The molecule has 25 heavy (non-hydrogen) atoms. The van der Waals surface area contributed by atoms with E-state index in [4.69, 9.17) is 0 Å². The van der Waals surface area contributed by atoms with E-state index in [0.717, 1.165) is 30.6 Å². The van der Waals surface area contributed by atoms with Gasteiger partial charge in [-0.05, 0) is 36.3 Å². The van der Waals surface area contributed by atoms with Crippen LogP contribution in [0, 0.1) is 0 Å². The third kappa shape index (κ3) is 3.15. The van der Waals surface area contributed by atoms with Crippen LogP contribution in [0.15, 0.2) is 36.5 Å². The molecule has 1 atom stereocenters. The van der Waals surface area contributed by atoms with Gasteiger partial charge in [-0.15, -0.1) is 10.2 Å². The predicted molar refractivity (Wildman–Crippen MR) is 90.7 cm³/mol. The van der Waals surface area contributed by atoms with Gasteiger partial charge in [-0.2, -0.15) is 9.90 Å². The lowest BCUT2D eigenvalue weighted by Crippen LogP contribution is -2.39. The van der Waals surface area contributed by atoms with E-state index >= 15 is 0 Å². The van der Waals surface area contributed by atoms with E-state index in [1.807, 2.05) is 35.2 Å². The number of aromatic amines is 1. The highest BCUT2D eigenvalue weighted by atomic mass is 16.2. The zero-order chi connectivity index (χ0) is 17.2. The first kappa shape index (κ1) is 15.5. The monoisotopic (exact) mass is 337 g/mol. The van der Waals surface area contributed by atoms with Crippen LogP contribution in [-0.2, 0) is 7.05 Å². The number of tetrazole rings is 1. The second-order valence-electron chi connectivity index (χ2n) is 6.28. The number of nitrogens with zero attached hydrogens (tertiary/aromatic N) is 6. The molecule has 1 saturated heterocycles. The molecule has 0 saturated carbocycles. The Morgan fingerprint density at radius 2 is 2.08 bits per heavy atom. The van der Waals surface area contributed by atoms with Gasteiger partial charge >= 0.3 is 0 Å². The molecule has 3 heterocycles. The molecule has 0 radical (unpaired) electrons. The zero-order valence-corrected chi connectivity index (χ0v) is 14.0. The smallest absolute Gasteiger partial charge is 0.253 e. The summed E-state index contributed by atoms with van der Waals surface area (Å²) in [5, 5.41) is 19.0. The Morgan fingerprint density at radius 3 is 2.76 bits per heavy atom. The molecule has 8 nitrogen and oxygen atoms in total. The van der Waals surface area contributed by atoms with E-state index in [2.05, 4.69) is 25.6 Å². The molecule has 0 spiro atoms. The van der Waals surface area contributed by atoms with E-state index in [0.29, 0.717) is 23.9 Å². The van der Waals surface area contributed by atoms with Crippen molar-refractivity contribution in [3.63, 3.8) is 0 Å². The van der Waals surface area contributed by atoms with Crippen molar-refractivity contribution in [1.29, 1.82) is 0 Å². The largest absolute Gasteiger partial charge is 0.338 e. The standard InChI is InChI=1S/C17H19N7O/c1-23-21-16(20-22-23)12-4-6-13(7-5-12)17(25)24-10-2-3-14(11-24)15-8-9-18-19-15/h4-9,14H,2-3,10-11H2,1H3,(H,18,19)/t14-/m1/s1. The first-order valence-corrected chi connectivity index (χ1v) is 8.33. The molecule has 0 aliphatic carbocycles. The summed E-state index contributed by atoms with van der Waals surface area (Å²) in [4.78, 5) is 16.2. The summed E-state index contributed by atoms with van der Waals surface area (Å²) in [7, 11) is 1.72. The number of amides is 1. The Balaban J connectivity index is 1.48. The highest BCUT2D eigenvalue weighted by Crippen LogP contribution is 2.26. The normalized spacial score (nSPS) is 17.6. The van der Waals surface area contributed by atoms with Gasteiger partial charge in [0.1, 0.15) is 0 Å². The Bertz CT molecular complexity index is 854. The number of hydrogen-bond acceptors (Lipinski definition) is 5. The van der Waals surface area contributed by atoms with Crippen LogP contribution in [0.2, 0.25) is 0 Å². The number of benzene rings is 1. The third-order valence-electron chi connectivity index (χ3n) is 4.57. The molecule has 8 heteroatoms. The molecule has 2 aromatic heterocycles. The minimum Gasteiger partial charge on any atom is -0.338 e. The second-order valence-corrected chi connectivity index (χ2v) is 6.28. The lowest BCUT2D eigenvalue weighted by Gasteiger charge is -2.32. The van der Waals surface area contributed by atoms with E-state index in [1.165, 1.54) is 4.80 Å². The average Bonchev–Trinajstić information content (AvgIpc) is 3.33. The van der Waals surface area contributed by atoms with Crippen molar-refractivity contribution < 1.29 is 4.79 Å². The first-order valence-electron chi connectivity index (χ1n) is 8.33. The van der Waals surface area contributed by atoms with Gasteiger partial charge in [0.15, 0.2) is 0 Å². The molecule has 128 valence electrons. The molecule has 1 N–H and O–H groups in total. The summed E-state index contributed by atoms with van der Waals surface area (Å²) < 4.78 is 0. The van der Waals surface area contributed by atoms with E-state index in [9.17, 15) is 4.79 Å². The highest BCUT2D eigenvalue weighted by Gasteiger charge is 2.26. The van der Waals surface area contributed by atoms with Gasteiger partial charge in [0.25, 0.3) is 5.91 Å². The number of carbonyl (C=O) groups excluding carboxylic acids is 1. The second kappa shape index (κ2) is 6.46. The number of piperidine rings is 1. The van der Waals surface area contributed by atoms with Gasteiger partial charge in [0, 0.05) is 42.0 Å². The minimum absolute atomic E-state index is 0.0582. The van der Waals surface area contributed by atoms with Crippen LogP contribution < -0.4 is 0 Å². The molecule has 1 aliphatic heterocycles. The Kier molecular flexibility index (Phi) is 4.01. The van der Waals surface area contributed by atoms with Crippen molar-refractivity contribution in [2.24, 2.45) is 7.05 Å². The van der Waals surface area contributed by atoms with Crippen molar-refractivity contribution in [2.75, 3.05) is 13.1 Å². The molecule has 1 aromatic carbocycles. The first-order chi connectivity index (χ1) is 12.2. The fraction of sp³-hybridized carbons (Fsp3) is 0.353.